The van der Waals surface area contributed by atoms with Crippen LogP contribution in [0.1, 0.15) is 55.6 Å². The Morgan fingerprint density at radius 1 is 1.19 bits per heavy atom. The first kappa shape index (κ1) is 22.8. The molecule has 1 atom stereocenters. The fraction of sp³-hybridized carbons (Fsp3) is 0.565. The Kier molecular flexibility index (Phi) is 8.03. The number of benzene rings is 1. The van der Waals surface area contributed by atoms with Crippen LogP contribution >= 0.6 is 0 Å². The van der Waals surface area contributed by atoms with Crippen molar-refractivity contribution in [2.75, 3.05) is 27.2 Å². The second-order valence-electron chi connectivity index (χ2n) is 8.27. The molecule has 1 aromatic carbocycles. The van der Waals surface area contributed by atoms with Gasteiger partial charge in [-0.05, 0) is 37.3 Å². The van der Waals surface area contributed by atoms with Crippen LogP contribution in [-0.2, 0) is 9.53 Å². The number of oxazole rings is 1. The molecule has 8 heteroatoms. The van der Waals surface area contributed by atoms with E-state index < -0.39 is 6.09 Å². The topological polar surface area (TPSA) is 102 Å². The molecule has 0 saturated heterocycles. The third-order valence-electron chi connectivity index (χ3n) is 5.76. The zero-order valence-electron chi connectivity index (χ0n) is 18.3. The van der Waals surface area contributed by atoms with Gasteiger partial charge in [-0.25, -0.2) is 9.78 Å². The highest BCUT2D eigenvalue weighted by Crippen LogP contribution is 2.30. The number of Topliss-reactive ketones (excluding diaryl/α,β-unsaturated/α-hetero) is 1. The third kappa shape index (κ3) is 6.29. The Bertz CT molecular complexity index is 869. The van der Waals surface area contributed by atoms with Crippen molar-refractivity contribution in [3.05, 3.63) is 30.2 Å². The first-order chi connectivity index (χ1) is 15.0. The number of nitrogens with zero attached hydrogens (tertiary/aromatic N) is 2. The van der Waals surface area contributed by atoms with E-state index in [1.165, 1.54) is 6.42 Å². The molecule has 8 nitrogen and oxygen atoms in total. The number of nitrogens with one attached hydrogen (secondary N) is 1. The number of aromatic nitrogens is 1. The molecule has 1 aromatic heterocycles. The predicted octanol–water partition coefficient (Wildman–Crippen LogP) is 3.80. The van der Waals surface area contributed by atoms with Crippen molar-refractivity contribution < 1.29 is 23.5 Å². The quantitative estimate of drug-likeness (QED) is 0.480. The maximum absolute atomic E-state index is 12.6. The van der Waals surface area contributed by atoms with E-state index >= 15 is 0 Å². The third-order valence-corrected chi connectivity index (χ3v) is 5.76. The summed E-state index contributed by atoms with van der Waals surface area (Å²) in [7, 11) is 3.48. The number of ketones is 1. The molecule has 1 N–H and O–H groups in total. The molecule has 1 saturated carbocycles. The van der Waals surface area contributed by atoms with Crippen LogP contribution in [0.4, 0.5) is 4.79 Å². The Labute approximate surface area is 182 Å². The fourth-order valence-electron chi connectivity index (χ4n) is 4.06. The lowest BCUT2D eigenvalue weighted by Crippen LogP contribution is -2.42. The van der Waals surface area contributed by atoms with Crippen LogP contribution in [0.5, 0.6) is 0 Å². The van der Waals surface area contributed by atoms with Gasteiger partial charge in [-0.3, -0.25) is 9.59 Å². The van der Waals surface area contributed by atoms with Crippen LogP contribution in [0.25, 0.3) is 11.1 Å². The van der Waals surface area contributed by atoms with E-state index in [1.54, 1.807) is 31.1 Å². The van der Waals surface area contributed by atoms with Crippen molar-refractivity contribution in [3.63, 3.8) is 0 Å². The van der Waals surface area contributed by atoms with E-state index in [2.05, 4.69) is 10.3 Å². The summed E-state index contributed by atoms with van der Waals surface area (Å²) in [6.07, 6.45) is 5.45. The first-order valence-electron chi connectivity index (χ1n) is 11.0. The molecular formula is C23H31N3O5. The van der Waals surface area contributed by atoms with Gasteiger partial charge in [0.25, 0.3) is 5.89 Å². The normalized spacial score (nSPS) is 15.4. The number of alkyl carbamates (subject to hydrolysis) is 1. The minimum Gasteiger partial charge on any atom is -0.450 e. The number of carbonyl (C=O) groups is 3. The monoisotopic (exact) mass is 429 g/mol. The molecule has 1 aliphatic carbocycles. The molecule has 0 bridgehead atoms. The number of hydrogen-bond acceptors (Lipinski definition) is 6. The summed E-state index contributed by atoms with van der Waals surface area (Å²) in [5, 5.41) is 2.73. The summed E-state index contributed by atoms with van der Waals surface area (Å²) in [4.78, 5) is 42.7. The smallest absolute Gasteiger partial charge is 0.407 e. The molecule has 2 amide bonds. The fourth-order valence-corrected chi connectivity index (χ4v) is 4.06. The Morgan fingerprint density at radius 2 is 1.94 bits per heavy atom. The van der Waals surface area contributed by atoms with Crippen molar-refractivity contribution in [1.29, 1.82) is 0 Å². The molecule has 1 heterocycles. The highest BCUT2D eigenvalue weighted by molar-refractivity contribution is 5.94. The van der Waals surface area contributed by atoms with Crippen LogP contribution in [0.3, 0.4) is 0 Å². The lowest BCUT2D eigenvalue weighted by atomic mass is 9.79. The number of rotatable bonds is 9. The van der Waals surface area contributed by atoms with Crippen molar-refractivity contribution in [2.45, 2.75) is 44.9 Å². The lowest BCUT2D eigenvalue weighted by Gasteiger charge is -2.31. The maximum Gasteiger partial charge on any atom is 0.407 e. The average molecular weight is 430 g/mol. The number of amides is 2. The van der Waals surface area contributed by atoms with Crippen LogP contribution in [0, 0.1) is 11.8 Å². The molecule has 3 rings (SSSR count). The van der Waals surface area contributed by atoms with E-state index in [-0.39, 0.29) is 49.0 Å². The highest BCUT2D eigenvalue weighted by atomic mass is 16.5. The summed E-state index contributed by atoms with van der Waals surface area (Å²) in [6.45, 7) is 0.371. The minimum atomic E-state index is -0.568. The number of para-hydroxylation sites is 2. The molecule has 2 aromatic rings. The molecular weight excluding hydrogens is 398 g/mol. The predicted molar refractivity (Wildman–Crippen MR) is 116 cm³/mol. The lowest BCUT2D eigenvalue weighted by molar-refractivity contribution is -0.135. The van der Waals surface area contributed by atoms with Crippen LogP contribution < -0.4 is 5.32 Å². The largest absolute Gasteiger partial charge is 0.450 e. The van der Waals surface area contributed by atoms with Gasteiger partial charge in [-0.2, -0.15) is 0 Å². The van der Waals surface area contributed by atoms with Crippen molar-refractivity contribution >= 4 is 28.9 Å². The Morgan fingerprint density at radius 3 is 2.65 bits per heavy atom. The summed E-state index contributed by atoms with van der Waals surface area (Å²) in [6, 6.07) is 7.19. The number of ether oxygens (including phenoxy) is 1. The number of fused-ring (bicyclic) bond motifs is 1. The summed E-state index contributed by atoms with van der Waals surface area (Å²) in [5.41, 5.74) is 1.21. The van der Waals surface area contributed by atoms with Gasteiger partial charge in [-0.1, -0.05) is 31.4 Å². The molecule has 0 spiro atoms. The van der Waals surface area contributed by atoms with E-state index in [0.717, 1.165) is 25.7 Å². The molecule has 1 aliphatic rings. The van der Waals surface area contributed by atoms with Gasteiger partial charge in [0.1, 0.15) is 5.52 Å². The Hall–Kier alpha value is -2.90. The van der Waals surface area contributed by atoms with Crippen LogP contribution in [-0.4, -0.2) is 54.9 Å². The van der Waals surface area contributed by atoms with Crippen molar-refractivity contribution in [1.82, 2.24) is 15.2 Å². The standard InChI is InChI=1S/C23H31N3O5/c1-26(2)22(28)17(16-9-4-3-5-10-16)15-24-23(29)30-14-8-12-19(27)21-25-18-11-6-7-13-20(18)31-21/h6-7,11,13,16-17H,3-5,8-10,12,14-15H2,1-2H3,(H,24,29). The summed E-state index contributed by atoms with van der Waals surface area (Å²) in [5.74, 6) is -0.0603. The van der Waals surface area contributed by atoms with Gasteiger partial charge in [0.15, 0.2) is 5.58 Å². The second kappa shape index (κ2) is 10.9. The van der Waals surface area contributed by atoms with Gasteiger partial charge in [0.2, 0.25) is 11.7 Å². The molecule has 1 fully saturated rings. The molecule has 0 radical (unpaired) electrons. The zero-order valence-corrected chi connectivity index (χ0v) is 18.3. The van der Waals surface area contributed by atoms with Gasteiger partial charge < -0.3 is 19.4 Å². The van der Waals surface area contributed by atoms with Crippen molar-refractivity contribution in [2.24, 2.45) is 11.8 Å². The van der Waals surface area contributed by atoms with E-state index in [0.29, 0.717) is 17.5 Å². The first-order valence-corrected chi connectivity index (χ1v) is 11.0. The maximum atomic E-state index is 12.6. The second-order valence-corrected chi connectivity index (χ2v) is 8.27. The van der Waals surface area contributed by atoms with E-state index in [9.17, 15) is 14.4 Å². The van der Waals surface area contributed by atoms with Crippen LogP contribution in [0.15, 0.2) is 28.7 Å². The van der Waals surface area contributed by atoms with Crippen LogP contribution in [0.2, 0.25) is 0 Å². The summed E-state index contributed by atoms with van der Waals surface area (Å²) >= 11 is 0. The van der Waals surface area contributed by atoms with Gasteiger partial charge >= 0.3 is 6.09 Å². The SMILES string of the molecule is CN(C)C(=O)C(CNC(=O)OCCCC(=O)c1nc2ccccc2o1)C1CCCCC1. The average Bonchev–Trinajstić information content (AvgIpc) is 3.21. The van der Waals surface area contributed by atoms with E-state index in [4.69, 9.17) is 9.15 Å². The van der Waals surface area contributed by atoms with Gasteiger partial charge in [-0.15, -0.1) is 0 Å². The highest BCUT2D eigenvalue weighted by Gasteiger charge is 2.31. The summed E-state index contributed by atoms with van der Waals surface area (Å²) < 4.78 is 10.6. The molecule has 31 heavy (non-hydrogen) atoms. The van der Waals surface area contributed by atoms with Gasteiger partial charge in [0, 0.05) is 27.1 Å². The zero-order chi connectivity index (χ0) is 22.2. The molecule has 168 valence electrons. The van der Waals surface area contributed by atoms with Gasteiger partial charge in [0.05, 0.1) is 12.5 Å². The molecule has 1 unspecified atom stereocenters. The van der Waals surface area contributed by atoms with Crippen molar-refractivity contribution in [3.8, 4) is 0 Å². The number of carbonyl (C=O) groups excluding carboxylic acids is 3. The van der Waals surface area contributed by atoms with E-state index in [1.807, 2.05) is 12.1 Å². The Balaban J connectivity index is 1.40. The molecule has 0 aliphatic heterocycles. The minimum absolute atomic E-state index is 0.0381. The number of hydrogen-bond donors (Lipinski definition) is 1.